The molecule has 7 atom stereocenters. The van der Waals surface area contributed by atoms with Crippen molar-refractivity contribution in [1.29, 1.82) is 0 Å². The first-order valence-electron chi connectivity index (χ1n) is 8.65. The van der Waals surface area contributed by atoms with Crippen LogP contribution in [0.25, 0.3) is 0 Å². The fraction of sp³-hybridized carbons (Fsp3) is 0.722. The van der Waals surface area contributed by atoms with E-state index in [1.54, 1.807) is 19.1 Å². The van der Waals surface area contributed by atoms with Gasteiger partial charge in [0.15, 0.2) is 5.78 Å². The van der Waals surface area contributed by atoms with Gasteiger partial charge in [-0.15, -0.1) is 0 Å². The highest BCUT2D eigenvalue weighted by atomic mass is 16.7. The minimum Gasteiger partial charge on any atom is -0.466 e. The summed E-state index contributed by atoms with van der Waals surface area (Å²) in [5.74, 6) is -0.300. The molecule has 148 valence electrons. The first-order chi connectivity index (χ1) is 12.1. The van der Waals surface area contributed by atoms with Crippen LogP contribution in [0.2, 0.25) is 0 Å². The summed E-state index contributed by atoms with van der Waals surface area (Å²) in [4.78, 5) is 12.1. The molecule has 0 saturated carbocycles. The molecular weight excluding hydrogens is 344 g/mol. The minimum atomic E-state index is -1.56. The zero-order valence-corrected chi connectivity index (χ0v) is 15.1. The number of aliphatic hydroxyl groups is 5. The standard InChI is InChI=1S/C18H28O8/c1-9(20)4-5-11-12(6-10(21)7-18(11,2)3)25-17-16(24)15(23)14(22)13(8-19)26-17/h4-6,9,11,13-17,19-20,22-24H,7-8H2,1-3H3/t9-,11+,13-,14-,15+,16-,17-/m1/s1. The van der Waals surface area contributed by atoms with E-state index in [1.165, 1.54) is 6.08 Å². The Labute approximate surface area is 152 Å². The van der Waals surface area contributed by atoms with Gasteiger partial charge in [0.2, 0.25) is 6.29 Å². The molecule has 0 spiro atoms. The Kier molecular flexibility index (Phi) is 6.60. The smallest absolute Gasteiger partial charge is 0.228 e. The molecular formula is C18H28O8. The van der Waals surface area contributed by atoms with E-state index in [4.69, 9.17) is 9.47 Å². The number of rotatable bonds is 5. The number of carbonyl (C=O) groups is 1. The van der Waals surface area contributed by atoms with Crippen molar-refractivity contribution in [3.8, 4) is 0 Å². The van der Waals surface area contributed by atoms with E-state index >= 15 is 0 Å². The van der Waals surface area contributed by atoms with Crippen LogP contribution in [0.4, 0.5) is 0 Å². The first kappa shape index (κ1) is 21.0. The quantitative estimate of drug-likeness (QED) is 0.397. The lowest BCUT2D eigenvalue weighted by Gasteiger charge is -2.42. The van der Waals surface area contributed by atoms with Crippen molar-refractivity contribution in [3.05, 3.63) is 24.0 Å². The molecule has 5 N–H and O–H groups in total. The molecule has 0 aromatic rings. The minimum absolute atomic E-state index is 0.156. The van der Waals surface area contributed by atoms with Crippen LogP contribution in [0.5, 0.6) is 0 Å². The summed E-state index contributed by atoms with van der Waals surface area (Å²) in [5.41, 5.74) is -0.499. The van der Waals surface area contributed by atoms with E-state index in [0.717, 1.165) is 0 Å². The van der Waals surface area contributed by atoms with Gasteiger partial charge in [0, 0.05) is 18.4 Å². The summed E-state index contributed by atoms with van der Waals surface area (Å²) < 4.78 is 11.1. The lowest BCUT2D eigenvalue weighted by atomic mass is 9.70. The van der Waals surface area contributed by atoms with Crippen LogP contribution in [0.1, 0.15) is 27.2 Å². The second-order valence-electron chi connectivity index (χ2n) is 7.60. The van der Waals surface area contributed by atoms with Crippen LogP contribution in [0, 0.1) is 11.3 Å². The Hall–Kier alpha value is -1.29. The molecule has 2 aliphatic rings. The second kappa shape index (κ2) is 8.16. The number of ether oxygens (including phenoxy) is 2. The van der Waals surface area contributed by atoms with E-state index in [1.807, 2.05) is 13.8 Å². The van der Waals surface area contributed by atoms with Crippen molar-refractivity contribution >= 4 is 5.78 Å². The fourth-order valence-electron chi connectivity index (χ4n) is 3.28. The molecule has 1 saturated heterocycles. The number of aliphatic hydroxyl groups excluding tert-OH is 5. The normalized spacial score (nSPS) is 38.9. The zero-order chi connectivity index (χ0) is 19.6. The molecule has 0 bridgehead atoms. The fourth-order valence-corrected chi connectivity index (χ4v) is 3.28. The lowest BCUT2D eigenvalue weighted by molar-refractivity contribution is -0.293. The van der Waals surface area contributed by atoms with E-state index < -0.39 is 48.8 Å². The van der Waals surface area contributed by atoms with Gasteiger partial charge in [-0.1, -0.05) is 26.0 Å². The van der Waals surface area contributed by atoms with Gasteiger partial charge in [0.1, 0.15) is 30.2 Å². The third kappa shape index (κ3) is 4.51. The average Bonchev–Trinajstić information content (AvgIpc) is 2.53. The van der Waals surface area contributed by atoms with Crippen LogP contribution < -0.4 is 0 Å². The van der Waals surface area contributed by atoms with Crippen molar-refractivity contribution in [1.82, 2.24) is 0 Å². The largest absolute Gasteiger partial charge is 0.466 e. The Balaban J connectivity index is 2.27. The van der Waals surface area contributed by atoms with Gasteiger partial charge < -0.3 is 35.0 Å². The zero-order valence-electron chi connectivity index (χ0n) is 15.1. The van der Waals surface area contributed by atoms with Crippen molar-refractivity contribution in [3.63, 3.8) is 0 Å². The summed E-state index contributed by atoms with van der Waals surface area (Å²) in [6.45, 7) is 4.79. The van der Waals surface area contributed by atoms with Crippen LogP contribution in [0.15, 0.2) is 24.0 Å². The molecule has 26 heavy (non-hydrogen) atoms. The monoisotopic (exact) mass is 372 g/mol. The van der Waals surface area contributed by atoms with Crippen LogP contribution in [-0.4, -0.2) is 74.7 Å². The van der Waals surface area contributed by atoms with Crippen LogP contribution >= 0.6 is 0 Å². The highest BCUT2D eigenvalue weighted by Crippen LogP contribution is 2.42. The Morgan fingerprint density at radius 1 is 1.31 bits per heavy atom. The molecule has 0 amide bonds. The van der Waals surface area contributed by atoms with Gasteiger partial charge in [0.05, 0.1) is 12.7 Å². The van der Waals surface area contributed by atoms with E-state index in [2.05, 4.69) is 0 Å². The highest BCUT2D eigenvalue weighted by Gasteiger charge is 2.46. The van der Waals surface area contributed by atoms with Gasteiger partial charge in [-0.2, -0.15) is 0 Å². The molecule has 0 radical (unpaired) electrons. The van der Waals surface area contributed by atoms with Gasteiger partial charge in [-0.3, -0.25) is 4.79 Å². The summed E-state index contributed by atoms with van der Waals surface area (Å²) >= 11 is 0. The number of carbonyl (C=O) groups excluding carboxylic acids is 1. The Morgan fingerprint density at radius 3 is 2.54 bits per heavy atom. The van der Waals surface area contributed by atoms with Crippen molar-refractivity contribution < 1.29 is 39.8 Å². The summed E-state index contributed by atoms with van der Waals surface area (Å²) in [7, 11) is 0. The van der Waals surface area contributed by atoms with Gasteiger partial charge in [-0.25, -0.2) is 0 Å². The van der Waals surface area contributed by atoms with E-state index in [9.17, 15) is 30.3 Å². The molecule has 1 aliphatic carbocycles. The highest BCUT2D eigenvalue weighted by molar-refractivity contribution is 5.91. The third-order valence-electron chi connectivity index (χ3n) is 4.76. The molecule has 0 aromatic heterocycles. The molecule has 0 aromatic carbocycles. The van der Waals surface area contributed by atoms with E-state index in [0.29, 0.717) is 0 Å². The topological polar surface area (TPSA) is 137 Å². The van der Waals surface area contributed by atoms with Crippen LogP contribution in [0.3, 0.4) is 0 Å². The van der Waals surface area contributed by atoms with Crippen molar-refractivity contribution in [2.45, 2.75) is 64.0 Å². The van der Waals surface area contributed by atoms with Gasteiger partial charge >= 0.3 is 0 Å². The molecule has 1 fully saturated rings. The summed E-state index contributed by atoms with van der Waals surface area (Å²) in [6, 6.07) is 0. The first-order valence-corrected chi connectivity index (χ1v) is 8.65. The maximum Gasteiger partial charge on any atom is 0.228 e. The Bertz CT molecular complexity index is 566. The average molecular weight is 372 g/mol. The number of ketones is 1. The number of hydrogen-bond donors (Lipinski definition) is 5. The second-order valence-corrected chi connectivity index (χ2v) is 7.60. The molecule has 8 nitrogen and oxygen atoms in total. The molecule has 1 aliphatic heterocycles. The number of hydrogen-bond acceptors (Lipinski definition) is 8. The van der Waals surface area contributed by atoms with E-state index in [-0.39, 0.29) is 23.9 Å². The maximum absolute atomic E-state index is 12.1. The summed E-state index contributed by atoms with van der Waals surface area (Å²) in [5, 5.41) is 48.7. The third-order valence-corrected chi connectivity index (χ3v) is 4.76. The van der Waals surface area contributed by atoms with Gasteiger partial charge in [0.25, 0.3) is 0 Å². The summed E-state index contributed by atoms with van der Waals surface area (Å²) in [6.07, 6.45) is -2.86. The SMILES string of the molecule is C[C@@H](O)C=C[C@H]1C(O[C@@H]2O[C@H](CO)[C@@H](O)[C@H](O)[C@H]2O)=CC(=O)CC1(C)C. The predicted octanol–water partition coefficient (Wildman–Crippen LogP) is -0.761. The van der Waals surface area contributed by atoms with Crippen LogP contribution in [-0.2, 0) is 14.3 Å². The predicted molar refractivity (Wildman–Crippen MR) is 90.7 cm³/mol. The molecule has 1 heterocycles. The molecule has 8 heteroatoms. The van der Waals surface area contributed by atoms with Crippen molar-refractivity contribution in [2.75, 3.05) is 6.61 Å². The van der Waals surface area contributed by atoms with Crippen molar-refractivity contribution in [2.24, 2.45) is 11.3 Å². The van der Waals surface area contributed by atoms with Gasteiger partial charge in [-0.05, 0) is 12.3 Å². The molecule has 2 rings (SSSR count). The Morgan fingerprint density at radius 2 is 1.96 bits per heavy atom. The maximum atomic E-state index is 12.1. The number of allylic oxidation sites excluding steroid dienone is 2. The lowest BCUT2D eigenvalue weighted by Crippen LogP contribution is -2.59. The molecule has 0 unspecified atom stereocenters.